The molecule has 21 heavy (non-hydrogen) atoms. The molecular formula is C18H21F2N. The van der Waals surface area contributed by atoms with E-state index in [1.807, 2.05) is 25.1 Å². The van der Waals surface area contributed by atoms with Gasteiger partial charge in [-0.25, -0.2) is 8.78 Å². The van der Waals surface area contributed by atoms with Gasteiger partial charge in [-0.15, -0.1) is 0 Å². The number of nitrogens with one attached hydrogen (secondary N) is 1. The second-order valence-electron chi connectivity index (χ2n) is 5.31. The number of benzene rings is 2. The highest BCUT2D eigenvalue weighted by Gasteiger charge is 2.17. The van der Waals surface area contributed by atoms with E-state index >= 15 is 0 Å². The quantitative estimate of drug-likeness (QED) is 0.774. The van der Waals surface area contributed by atoms with Gasteiger partial charge in [0.1, 0.15) is 11.6 Å². The monoisotopic (exact) mass is 289 g/mol. The van der Waals surface area contributed by atoms with Gasteiger partial charge in [0, 0.05) is 17.6 Å². The first-order valence-corrected chi connectivity index (χ1v) is 7.37. The molecule has 2 aromatic rings. The fourth-order valence-electron chi connectivity index (χ4n) is 2.56. The van der Waals surface area contributed by atoms with Gasteiger partial charge in [0.05, 0.1) is 0 Å². The third-order valence-electron chi connectivity index (χ3n) is 3.66. The van der Waals surface area contributed by atoms with E-state index in [9.17, 15) is 8.78 Å². The van der Waals surface area contributed by atoms with Crippen LogP contribution in [0.4, 0.5) is 8.78 Å². The maximum absolute atomic E-state index is 13.9. The molecule has 2 atom stereocenters. The molecule has 112 valence electrons. The normalized spacial score (nSPS) is 13.9. The van der Waals surface area contributed by atoms with E-state index < -0.39 is 5.82 Å². The van der Waals surface area contributed by atoms with Gasteiger partial charge >= 0.3 is 0 Å². The van der Waals surface area contributed by atoms with Crippen LogP contribution in [0.1, 0.15) is 49.9 Å². The first-order valence-electron chi connectivity index (χ1n) is 7.37. The number of hydrogen-bond acceptors (Lipinski definition) is 1. The Bertz CT molecular complexity index is 569. The van der Waals surface area contributed by atoms with Crippen LogP contribution in [0.25, 0.3) is 0 Å². The summed E-state index contributed by atoms with van der Waals surface area (Å²) >= 11 is 0. The first-order chi connectivity index (χ1) is 10.1. The number of rotatable bonds is 6. The zero-order valence-corrected chi connectivity index (χ0v) is 12.4. The average molecular weight is 289 g/mol. The maximum Gasteiger partial charge on any atom is 0.128 e. The topological polar surface area (TPSA) is 12.0 Å². The van der Waals surface area contributed by atoms with Crippen LogP contribution in [-0.4, -0.2) is 0 Å². The summed E-state index contributed by atoms with van der Waals surface area (Å²) in [5.74, 6) is -0.786. The van der Waals surface area contributed by atoms with Crippen molar-refractivity contribution in [3.05, 3.63) is 71.3 Å². The van der Waals surface area contributed by atoms with Gasteiger partial charge in [0.15, 0.2) is 0 Å². The standard InChI is InChI=1S/C18H21F2N/c1-3-7-18(14-8-5-4-6-9-14)21-13(2)16-12-15(19)10-11-17(16)20/h4-6,8-13,18,21H,3,7H2,1-2H3. The van der Waals surface area contributed by atoms with Crippen LogP contribution in [0.15, 0.2) is 48.5 Å². The highest BCUT2D eigenvalue weighted by atomic mass is 19.1. The lowest BCUT2D eigenvalue weighted by Crippen LogP contribution is -2.25. The lowest BCUT2D eigenvalue weighted by Gasteiger charge is -2.24. The average Bonchev–Trinajstić information content (AvgIpc) is 2.50. The Morgan fingerprint density at radius 1 is 1.05 bits per heavy atom. The van der Waals surface area contributed by atoms with Crippen molar-refractivity contribution >= 4 is 0 Å². The van der Waals surface area contributed by atoms with Crippen LogP contribution in [0.3, 0.4) is 0 Å². The Morgan fingerprint density at radius 3 is 2.43 bits per heavy atom. The fourth-order valence-corrected chi connectivity index (χ4v) is 2.56. The van der Waals surface area contributed by atoms with E-state index in [-0.39, 0.29) is 17.9 Å². The van der Waals surface area contributed by atoms with Crippen molar-refractivity contribution in [2.24, 2.45) is 0 Å². The first kappa shape index (κ1) is 15.6. The van der Waals surface area contributed by atoms with Crippen molar-refractivity contribution in [2.45, 2.75) is 38.8 Å². The van der Waals surface area contributed by atoms with E-state index in [1.165, 1.54) is 17.7 Å². The van der Waals surface area contributed by atoms with Gasteiger partial charge in [-0.05, 0) is 37.1 Å². The molecule has 1 nitrogen and oxygen atoms in total. The Kier molecular flexibility index (Phi) is 5.45. The molecule has 0 saturated carbocycles. The summed E-state index contributed by atoms with van der Waals surface area (Å²) in [6.07, 6.45) is 1.97. The minimum atomic E-state index is -0.410. The highest BCUT2D eigenvalue weighted by Crippen LogP contribution is 2.25. The molecule has 0 fully saturated rings. The maximum atomic E-state index is 13.9. The molecule has 0 aliphatic heterocycles. The summed E-state index contributed by atoms with van der Waals surface area (Å²) in [4.78, 5) is 0. The van der Waals surface area contributed by atoms with E-state index in [2.05, 4.69) is 24.4 Å². The number of halogens is 2. The van der Waals surface area contributed by atoms with E-state index in [0.29, 0.717) is 5.56 Å². The van der Waals surface area contributed by atoms with Crippen LogP contribution >= 0.6 is 0 Å². The van der Waals surface area contributed by atoms with Gasteiger partial charge < -0.3 is 5.32 Å². The molecule has 0 amide bonds. The lowest BCUT2D eigenvalue weighted by molar-refractivity contribution is 0.426. The lowest BCUT2D eigenvalue weighted by atomic mass is 9.99. The molecule has 0 saturated heterocycles. The smallest absolute Gasteiger partial charge is 0.128 e. The second kappa shape index (κ2) is 7.32. The van der Waals surface area contributed by atoms with E-state index in [1.54, 1.807) is 0 Å². The van der Waals surface area contributed by atoms with Crippen LogP contribution in [0.2, 0.25) is 0 Å². The van der Waals surface area contributed by atoms with Crippen LogP contribution < -0.4 is 5.32 Å². The van der Waals surface area contributed by atoms with E-state index in [0.717, 1.165) is 18.9 Å². The minimum Gasteiger partial charge on any atom is -0.303 e. The molecule has 1 N–H and O–H groups in total. The second-order valence-corrected chi connectivity index (χ2v) is 5.31. The molecule has 2 aromatic carbocycles. The number of hydrogen-bond donors (Lipinski definition) is 1. The van der Waals surface area contributed by atoms with Crippen LogP contribution in [-0.2, 0) is 0 Å². The molecule has 0 bridgehead atoms. The SMILES string of the molecule is CCCC(NC(C)c1cc(F)ccc1F)c1ccccc1. The third kappa shape index (κ3) is 4.11. The van der Waals surface area contributed by atoms with Gasteiger partial charge in [-0.2, -0.15) is 0 Å². The van der Waals surface area contributed by atoms with Crippen LogP contribution in [0, 0.1) is 11.6 Å². The summed E-state index contributed by atoms with van der Waals surface area (Å²) in [5.41, 5.74) is 1.54. The molecule has 0 radical (unpaired) electrons. The molecular weight excluding hydrogens is 268 g/mol. The van der Waals surface area contributed by atoms with Gasteiger partial charge in [0.25, 0.3) is 0 Å². The Labute approximate surface area is 125 Å². The summed E-state index contributed by atoms with van der Waals surface area (Å²) in [6, 6.07) is 13.5. The van der Waals surface area contributed by atoms with Gasteiger partial charge in [0.2, 0.25) is 0 Å². The highest BCUT2D eigenvalue weighted by molar-refractivity contribution is 5.24. The Balaban J connectivity index is 2.18. The molecule has 0 spiro atoms. The van der Waals surface area contributed by atoms with Gasteiger partial charge in [-0.3, -0.25) is 0 Å². The van der Waals surface area contributed by atoms with Crippen molar-refractivity contribution in [2.75, 3.05) is 0 Å². The van der Waals surface area contributed by atoms with Crippen molar-refractivity contribution < 1.29 is 8.78 Å². The summed E-state index contributed by atoms with van der Waals surface area (Å²) in [6.45, 7) is 3.98. The van der Waals surface area contributed by atoms with Crippen molar-refractivity contribution in [1.82, 2.24) is 5.32 Å². The van der Waals surface area contributed by atoms with Gasteiger partial charge in [-0.1, -0.05) is 43.7 Å². The zero-order valence-electron chi connectivity index (χ0n) is 12.4. The van der Waals surface area contributed by atoms with E-state index in [4.69, 9.17) is 0 Å². The largest absolute Gasteiger partial charge is 0.303 e. The molecule has 0 aromatic heterocycles. The zero-order chi connectivity index (χ0) is 15.2. The van der Waals surface area contributed by atoms with Crippen molar-refractivity contribution in [1.29, 1.82) is 0 Å². The Hall–Kier alpha value is -1.74. The fraction of sp³-hybridized carbons (Fsp3) is 0.333. The predicted molar refractivity (Wildman–Crippen MR) is 82.0 cm³/mol. The summed E-state index contributed by atoms with van der Waals surface area (Å²) in [7, 11) is 0. The third-order valence-corrected chi connectivity index (χ3v) is 3.66. The summed E-state index contributed by atoms with van der Waals surface area (Å²) in [5, 5.41) is 3.41. The molecule has 0 aliphatic carbocycles. The van der Waals surface area contributed by atoms with Crippen molar-refractivity contribution in [3.8, 4) is 0 Å². The Morgan fingerprint density at radius 2 is 1.76 bits per heavy atom. The molecule has 3 heteroatoms. The molecule has 0 aliphatic rings. The van der Waals surface area contributed by atoms with Crippen LogP contribution in [0.5, 0.6) is 0 Å². The molecule has 0 heterocycles. The summed E-state index contributed by atoms with van der Waals surface area (Å²) < 4.78 is 27.2. The molecule has 2 unspecified atom stereocenters. The minimum absolute atomic E-state index is 0.133. The predicted octanol–water partition coefficient (Wildman–Crippen LogP) is 5.16. The van der Waals surface area contributed by atoms with Crippen molar-refractivity contribution in [3.63, 3.8) is 0 Å². The molecule has 2 rings (SSSR count).